The number of hydrogen-bond donors (Lipinski definition) is 0. The standard InChI is InChI=1S/C25H24N2OS2/c1-4-18-10-6-8-12-20(18)26-25-27(21-13-9-7-11-19(21)5-2)24(28)23(30-25)16-22-17(3)14-15-29-22/h6-16H,4-5H2,1-3H3/b23-16+,26-25?. The lowest BCUT2D eigenvalue weighted by molar-refractivity contribution is -0.113. The molecule has 152 valence electrons. The van der Waals surface area contributed by atoms with Crippen LogP contribution in [0.25, 0.3) is 6.08 Å². The van der Waals surface area contributed by atoms with E-state index in [0.29, 0.717) is 10.1 Å². The van der Waals surface area contributed by atoms with Gasteiger partial charge in [-0.2, -0.15) is 0 Å². The van der Waals surface area contributed by atoms with Crippen LogP contribution in [-0.4, -0.2) is 11.1 Å². The van der Waals surface area contributed by atoms with Gasteiger partial charge in [0, 0.05) is 4.88 Å². The van der Waals surface area contributed by atoms with E-state index >= 15 is 0 Å². The zero-order valence-electron chi connectivity index (χ0n) is 17.4. The van der Waals surface area contributed by atoms with Crippen molar-refractivity contribution < 1.29 is 4.79 Å². The molecule has 2 heterocycles. The lowest BCUT2D eigenvalue weighted by Gasteiger charge is -2.19. The highest BCUT2D eigenvalue weighted by molar-refractivity contribution is 8.19. The van der Waals surface area contributed by atoms with Crippen LogP contribution in [0.5, 0.6) is 0 Å². The van der Waals surface area contributed by atoms with Crippen LogP contribution < -0.4 is 4.90 Å². The van der Waals surface area contributed by atoms with Gasteiger partial charge in [-0.1, -0.05) is 50.2 Å². The monoisotopic (exact) mass is 432 g/mol. The summed E-state index contributed by atoms with van der Waals surface area (Å²) in [6, 6.07) is 18.3. The number of amides is 1. The first kappa shape index (κ1) is 20.6. The van der Waals surface area contributed by atoms with Crippen LogP contribution in [0.3, 0.4) is 0 Å². The maximum Gasteiger partial charge on any atom is 0.271 e. The van der Waals surface area contributed by atoms with E-state index in [1.54, 1.807) is 16.2 Å². The van der Waals surface area contributed by atoms with Crippen molar-refractivity contribution in [3.8, 4) is 0 Å². The van der Waals surface area contributed by atoms with E-state index in [4.69, 9.17) is 4.99 Å². The van der Waals surface area contributed by atoms with Crippen molar-refractivity contribution in [2.75, 3.05) is 4.90 Å². The molecule has 1 aliphatic rings. The summed E-state index contributed by atoms with van der Waals surface area (Å²) in [5, 5.41) is 2.77. The minimum absolute atomic E-state index is 0.0126. The van der Waals surface area contributed by atoms with E-state index in [9.17, 15) is 4.79 Å². The molecule has 1 saturated heterocycles. The largest absolute Gasteiger partial charge is 0.271 e. The predicted octanol–water partition coefficient (Wildman–Crippen LogP) is 6.99. The number of para-hydroxylation sites is 2. The highest BCUT2D eigenvalue weighted by Crippen LogP contribution is 2.39. The van der Waals surface area contributed by atoms with Gasteiger partial charge in [0.1, 0.15) is 0 Å². The van der Waals surface area contributed by atoms with Crippen LogP contribution in [0.2, 0.25) is 0 Å². The van der Waals surface area contributed by atoms with E-state index in [1.807, 2.05) is 42.5 Å². The molecule has 3 nitrogen and oxygen atoms in total. The Bertz CT molecular complexity index is 1140. The SMILES string of the molecule is CCc1ccccc1N=C1S/C(=C/c2sccc2C)C(=O)N1c1ccccc1CC. The Morgan fingerprint density at radius 2 is 1.67 bits per heavy atom. The topological polar surface area (TPSA) is 32.7 Å². The van der Waals surface area contributed by atoms with Crippen LogP contribution in [0.15, 0.2) is 69.9 Å². The van der Waals surface area contributed by atoms with E-state index in [-0.39, 0.29) is 5.91 Å². The van der Waals surface area contributed by atoms with Crippen LogP contribution in [-0.2, 0) is 17.6 Å². The molecular formula is C25H24N2OS2. The third kappa shape index (κ3) is 4.00. The Morgan fingerprint density at radius 3 is 2.37 bits per heavy atom. The van der Waals surface area contributed by atoms with Crippen LogP contribution in [0, 0.1) is 6.92 Å². The zero-order chi connectivity index (χ0) is 21.1. The molecular weight excluding hydrogens is 408 g/mol. The number of amidine groups is 1. The van der Waals surface area contributed by atoms with E-state index in [1.165, 1.54) is 22.9 Å². The number of thioether (sulfide) groups is 1. The number of carbonyl (C=O) groups is 1. The van der Waals surface area contributed by atoms with Gasteiger partial charge in [0.25, 0.3) is 5.91 Å². The zero-order valence-corrected chi connectivity index (χ0v) is 19.0. The highest BCUT2D eigenvalue weighted by atomic mass is 32.2. The van der Waals surface area contributed by atoms with Crippen LogP contribution in [0.1, 0.15) is 35.4 Å². The minimum Gasteiger partial charge on any atom is -0.268 e. The second-order valence-corrected chi connectivity index (χ2v) is 9.03. The second-order valence-electron chi connectivity index (χ2n) is 7.08. The number of thiophene rings is 1. The molecule has 1 aromatic heterocycles. The van der Waals surface area contributed by atoms with Crippen molar-refractivity contribution in [2.45, 2.75) is 33.6 Å². The quantitative estimate of drug-likeness (QED) is 0.407. The van der Waals surface area contributed by atoms with Gasteiger partial charge in [0.05, 0.1) is 16.3 Å². The van der Waals surface area contributed by atoms with Gasteiger partial charge in [-0.25, -0.2) is 4.99 Å². The molecule has 0 N–H and O–H groups in total. The van der Waals surface area contributed by atoms with Crippen molar-refractivity contribution in [3.05, 3.63) is 86.5 Å². The number of carbonyl (C=O) groups excluding carboxylic acids is 1. The fourth-order valence-electron chi connectivity index (χ4n) is 3.46. The Balaban J connectivity index is 1.85. The average Bonchev–Trinajstić information content (AvgIpc) is 3.31. The molecule has 2 aromatic carbocycles. The number of rotatable bonds is 5. The summed E-state index contributed by atoms with van der Waals surface area (Å²) in [5.74, 6) is -0.0126. The number of nitrogens with zero attached hydrogens (tertiary/aromatic N) is 2. The van der Waals surface area contributed by atoms with Crippen molar-refractivity contribution in [2.24, 2.45) is 4.99 Å². The third-order valence-electron chi connectivity index (χ3n) is 5.17. The molecule has 0 bridgehead atoms. The molecule has 0 saturated carbocycles. The van der Waals surface area contributed by atoms with E-state index in [0.717, 1.165) is 34.7 Å². The second kappa shape index (κ2) is 9.02. The number of hydrogen-bond acceptors (Lipinski definition) is 4. The minimum atomic E-state index is -0.0126. The third-order valence-corrected chi connectivity index (χ3v) is 7.11. The van der Waals surface area contributed by atoms with Crippen molar-refractivity contribution in [1.82, 2.24) is 0 Å². The molecule has 30 heavy (non-hydrogen) atoms. The first-order valence-corrected chi connectivity index (χ1v) is 11.8. The fourth-order valence-corrected chi connectivity index (χ4v) is 5.36. The molecule has 0 aliphatic carbocycles. The number of aliphatic imine (C=N–C) groups is 1. The summed E-state index contributed by atoms with van der Waals surface area (Å²) in [4.78, 5) is 22.1. The van der Waals surface area contributed by atoms with Gasteiger partial charge in [-0.05, 0) is 77.9 Å². The maximum absolute atomic E-state index is 13.5. The Labute approximate surface area is 186 Å². The summed E-state index contributed by atoms with van der Waals surface area (Å²) >= 11 is 3.11. The number of anilines is 1. The summed E-state index contributed by atoms with van der Waals surface area (Å²) in [6.45, 7) is 6.31. The van der Waals surface area contributed by atoms with Crippen molar-refractivity contribution >= 4 is 51.6 Å². The molecule has 0 atom stereocenters. The number of aryl methyl sites for hydroxylation is 3. The Morgan fingerprint density at radius 1 is 0.967 bits per heavy atom. The van der Waals surface area contributed by atoms with Gasteiger partial charge >= 0.3 is 0 Å². The normalized spacial score (nSPS) is 16.8. The molecule has 5 heteroatoms. The molecule has 1 aliphatic heterocycles. The molecule has 4 rings (SSSR count). The van der Waals surface area contributed by atoms with E-state index in [2.05, 4.69) is 44.4 Å². The smallest absolute Gasteiger partial charge is 0.268 e. The first-order valence-electron chi connectivity index (χ1n) is 10.1. The van der Waals surface area contributed by atoms with Crippen molar-refractivity contribution in [1.29, 1.82) is 0 Å². The van der Waals surface area contributed by atoms with Gasteiger partial charge < -0.3 is 0 Å². The van der Waals surface area contributed by atoms with Gasteiger partial charge in [0.2, 0.25) is 0 Å². The van der Waals surface area contributed by atoms with Crippen LogP contribution in [0.4, 0.5) is 11.4 Å². The van der Waals surface area contributed by atoms with Crippen LogP contribution >= 0.6 is 23.1 Å². The van der Waals surface area contributed by atoms with Gasteiger partial charge in [0.15, 0.2) is 5.17 Å². The molecule has 1 amide bonds. The highest BCUT2D eigenvalue weighted by Gasteiger charge is 2.36. The van der Waals surface area contributed by atoms with E-state index < -0.39 is 0 Å². The van der Waals surface area contributed by atoms with Gasteiger partial charge in [-0.15, -0.1) is 11.3 Å². The molecule has 0 spiro atoms. The molecule has 1 fully saturated rings. The molecule has 0 unspecified atom stereocenters. The Kier molecular flexibility index (Phi) is 6.21. The summed E-state index contributed by atoms with van der Waals surface area (Å²) in [5.41, 5.74) is 5.33. The summed E-state index contributed by atoms with van der Waals surface area (Å²) in [6.07, 6.45) is 3.75. The molecule has 0 radical (unpaired) electrons. The Hall–Kier alpha value is -2.63. The molecule has 3 aromatic rings. The number of benzene rings is 2. The summed E-state index contributed by atoms with van der Waals surface area (Å²) < 4.78 is 0. The summed E-state index contributed by atoms with van der Waals surface area (Å²) in [7, 11) is 0. The maximum atomic E-state index is 13.5. The predicted molar refractivity (Wildman–Crippen MR) is 131 cm³/mol. The van der Waals surface area contributed by atoms with Crippen molar-refractivity contribution in [3.63, 3.8) is 0 Å². The lowest BCUT2D eigenvalue weighted by Crippen LogP contribution is -2.29. The fraction of sp³-hybridized carbons (Fsp3) is 0.200. The average molecular weight is 433 g/mol. The van der Waals surface area contributed by atoms with Gasteiger partial charge in [-0.3, -0.25) is 9.69 Å². The lowest BCUT2D eigenvalue weighted by atomic mass is 10.1. The first-order chi connectivity index (χ1) is 14.6.